The highest BCUT2D eigenvalue weighted by atomic mass is 16.3. The molecule has 5 N–H and O–H groups in total. The van der Waals surface area contributed by atoms with Crippen molar-refractivity contribution in [3.63, 3.8) is 0 Å². The summed E-state index contributed by atoms with van der Waals surface area (Å²) in [6.45, 7) is 3.11. The maximum Gasteiger partial charge on any atom is 0.231 e. The van der Waals surface area contributed by atoms with Crippen LogP contribution >= 0.6 is 0 Å². The molecule has 5 heteroatoms. The van der Waals surface area contributed by atoms with E-state index in [4.69, 9.17) is 11.5 Å². The number of aliphatic hydroxyl groups is 1. The molecule has 0 aromatic heterocycles. The standard InChI is InChI=1S/C12H19N3O2/c1-2-15(8-12(14)17)7-11(16)9-3-5-10(13)6-4-9/h3-6,11,16H,2,7-8,13H2,1H3,(H2,14,17). The Hall–Kier alpha value is -1.59. The number of likely N-dealkylation sites (N-methyl/N-ethyl adjacent to an activating group) is 1. The van der Waals surface area contributed by atoms with Gasteiger partial charge < -0.3 is 16.6 Å². The molecular weight excluding hydrogens is 218 g/mol. The quantitative estimate of drug-likeness (QED) is 0.612. The average Bonchev–Trinajstić information content (AvgIpc) is 2.28. The van der Waals surface area contributed by atoms with Gasteiger partial charge in [-0.3, -0.25) is 9.69 Å². The van der Waals surface area contributed by atoms with E-state index < -0.39 is 12.0 Å². The van der Waals surface area contributed by atoms with E-state index in [1.165, 1.54) is 0 Å². The number of primary amides is 1. The number of hydrogen-bond donors (Lipinski definition) is 3. The molecule has 1 rings (SSSR count). The van der Waals surface area contributed by atoms with E-state index in [-0.39, 0.29) is 6.54 Å². The van der Waals surface area contributed by atoms with Gasteiger partial charge in [-0.25, -0.2) is 0 Å². The summed E-state index contributed by atoms with van der Waals surface area (Å²) in [6, 6.07) is 7.03. The first-order valence-electron chi connectivity index (χ1n) is 5.57. The fourth-order valence-corrected chi connectivity index (χ4v) is 1.59. The monoisotopic (exact) mass is 237 g/mol. The molecule has 0 heterocycles. The smallest absolute Gasteiger partial charge is 0.231 e. The Balaban J connectivity index is 2.60. The molecule has 1 atom stereocenters. The van der Waals surface area contributed by atoms with E-state index in [0.29, 0.717) is 18.8 Å². The third-order valence-corrected chi connectivity index (χ3v) is 2.58. The van der Waals surface area contributed by atoms with E-state index in [9.17, 15) is 9.90 Å². The van der Waals surface area contributed by atoms with E-state index in [2.05, 4.69) is 0 Å². The molecule has 0 aliphatic carbocycles. The number of hydrogen-bond acceptors (Lipinski definition) is 4. The third-order valence-electron chi connectivity index (χ3n) is 2.58. The van der Waals surface area contributed by atoms with Gasteiger partial charge in [-0.15, -0.1) is 0 Å². The van der Waals surface area contributed by atoms with Crippen molar-refractivity contribution in [1.29, 1.82) is 0 Å². The Kier molecular flexibility index (Phi) is 4.93. The van der Waals surface area contributed by atoms with E-state index in [1.54, 1.807) is 29.2 Å². The van der Waals surface area contributed by atoms with Crippen molar-refractivity contribution in [2.24, 2.45) is 5.73 Å². The van der Waals surface area contributed by atoms with Crippen molar-refractivity contribution in [3.8, 4) is 0 Å². The summed E-state index contributed by atoms with van der Waals surface area (Å²) in [5.41, 5.74) is 12.1. The molecule has 0 aliphatic rings. The van der Waals surface area contributed by atoms with Gasteiger partial charge in [-0.1, -0.05) is 19.1 Å². The molecule has 0 saturated carbocycles. The van der Waals surface area contributed by atoms with Crippen LogP contribution in [0.5, 0.6) is 0 Å². The molecule has 1 aromatic rings. The van der Waals surface area contributed by atoms with Crippen LogP contribution in [0.1, 0.15) is 18.6 Å². The molecule has 0 bridgehead atoms. The lowest BCUT2D eigenvalue weighted by Crippen LogP contribution is -2.36. The van der Waals surface area contributed by atoms with Gasteiger partial charge in [0.15, 0.2) is 0 Å². The van der Waals surface area contributed by atoms with Crippen LogP contribution in [0.4, 0.5) is 5.69 Å². The zero-order valence-electron chi connectivity index (χ0n) is 9.97. The average molecular weight is 237 g/mol. The Labute approximate surface area is 101 Å². The molecule has 94 valence electrons. The van der Waals surface area contributed by atoms with Crippen LogP contribution in [0.2, 0.25) is 0 Å². The Morgan fingerprint density at radius 1 is 1.41 bits per heavy atom. The number of nitrogen functional groups attached to an aromatic ring is 1. The summed E-state index contributed by atoms with van der Waals surface area (Å²) < 4.78 is 0. The lowest BCUT2D eigenvalue weighted by Gasteiger charge is -2.22. The summed E-state index contributed by atoms with van der Waals surface area (Å²) >= 11 is 0. The Morgan fingerprint density at radius 3 is 2.47 bits per heavy atom. The van der Waals surface area contributed by atoms with Crippen molar-refractivity contribution >= 4 is 11.6 Å². The zero-order chi connectivity index (χ0) is 12.8. The van der Waals surface area contributed by atoms with E-state index in [0.717, 1.165) is 5.56 Å². The van der Waals surface area contributed by atoms with Gasteiger partial charge >= 0.3 is 0 Å². The molecule has 0 saturated heterocycles. The summed E-state index contributed by atoms with van der Waals surface area (Å²) in [5.74, 6) is -0.392. The largest absolute Gasteiger partial charge is 0.399 e. The van der Waals surface area contributed by atoms with Gasteiger partial charge in [-0.05, 0) is 24.2 Å². The minimum absolute atomic E-state index is 0.155. The number of carbonyl (C=O) groups excluding carboxylic acids is 1. The van der Waals surface area contributed by atoms with Crippen LogP contribution < -0.4 is 11.5 Å². The van der Waals surface area contributed by atoms with Gasteiger partial charge in [-0.2, -0.15) is 0 Å². The van der Waals surface area contributed by atoms with E-state index >= 15 is 0 Å². The fourth-order valence-electron chi connectivity index (χ4n) is 1.59. The zero-order valence-corrected chi connectivity index (χ0v) is 9.97. The highest BCUT2D eigenvalue weighted by Gasteiger charge is 2.13. The predicted molar refractivity (Wildman–Crippen MR) is 67.1 cm³/mol. The van der Waals surface area contributed by atoms with Gasteiger partial charge in [0.05, 0.1) is 12.6 Å². The number of rotatable bonds is 6. The second-order valence-electron chi connectivity index (χ2n) is 3.98. The van der Waals surface area contributed by atoms with Crippen molar-refractivity contribution in [3.05, 3.63) is 29.8 Å². The maximum absolute atomic E-state index is 10.8. The third kappa shape index (κ3) is 4.42. The van der Waals surface area contributed by atoms with Crippen LogP contribution in [-0.2, 0) is 4.79 Å². The second-order valence-corrected chi connectivity index (χ2v) is 3.98. The molecule has 1 amide bonds. The first-order chi connectivity index (χ1) is 8.02. The molecule has 0 fully saturated rings. The molecule has 0 spiro atoms. The summed E-state index contributed by atoms with van der Waals surface area (Å²) in [7, 11) is 0. The fraction of sp³-hybridized carbons (Fsp3) is 0.417. The Bertz CT molecular complexity index is 365. The lowest BCUT2D eigenvalue weighted by molar-refractivity contribution is -0.119. The summed E-state index contributed by atoms with van der Waals surface area (Å²) in [6.07, 6.45) is -0.644. The van der Waals surface area contributed by atoms with Gasteiger partial charge in [0.25, 0.3) is 0 Å². The Morgan fingerprint density at radius 2 is 2.00 bits per heavy atom. The van der Waals surface area contributed by atoms with Crippen LogP contribution in [0, 0.1) is 0 Å². The molecule has 0 aliphatic heterocycles. The second kappa shape index (κ2) is 6.22. The number of benzene rings is 1. The molecule has 5 nitrogen and oxygen atoms in total. The number of carbonyl (C=O) groups is 1. The first-order valence-corrected chi connectivity index (χ1v) is 5.57. The number of anilines is 1. The van der Waals surface area contributed by atoms with Gasteiger partial charge in [0.2, 0.25) is 5.91 Å². The number of nitrogens with two attached hydrogens (primary N) is 2. The highest BCUT2D eigenvalue weighted by Crippen LogP contribution is 2.15. The number of nitrogens with zero attached hydrogens (tertiary/aromatic N) is 1. The first kappa shape index (κ1) is 13.5. The predicted octanol–water partition coefficient (Wildman–Crippen LogP) is 0.109. The van der Waals surface area contributed by atoms with Crippen molar-refractivity contribution in [2.45, 2.75) is 13.0 Å². The maximum atomic E-state index is 10.8. The minimum atomic E-state index is -0.644. The van der Waals surface area contributed by atoms with Crippen molar-refractivity contribution in [2.75, 3.05) is 25.4 Å². The summed E-state index contributed by atoms with van der Waals surface area (Å²) in [4.78, 5) is 12.6. The van der Waals surface area contributed by atoms with Crippen LogP contribution in [0.25, 0.3) is 0 Å². The summed E-state index contributed by atoms with van der Waals surface area (Å²) in [5, 5.41) is 9.99. The normalized spacial score (nSPS) is 12.6. The van der Waals surface area contributed by atoms with Crippen LogP contribution in [0.3, 0.4) is 0 Å². The molecular formula is C12H19N3O2. The van der Waals surface area contributed by atoms with Crippen molar-refractivity contribution < 1.29 is 9.90 Å². The molecule has 1 unspecified atom stereocenters. The highest BCUT2D eigenvalue weighted by molar-refractivity contribution is 5.75. The molecule has 0 radical (unpaired) electrons. The number of amides is 1. The van der Waals surface area contributed by atoms with Crippen LogP contribution in [0.15, 0.2) is 24.3 Å². The number of aliphatic hydroxyl groups excluding tert-OH is 1. The van der Waals surface area contributed by atoms with Gasteiger partial charge in [0, 0.05) is 12.2 Å². The van der Waals surface area contributed by atoms with Crippen molar-refractivity contribution in [1.82, 2.24) is 4.90 Å². The lowest BCUT2D eigenvalue weighted by atomic mass is 10.1. The topological polar surface area (TPSA) is 92.6 Å². The molecule has 17 heavy (non-hydrogen) atoms. The van der Waals surface area contributed by atoms with E-state index in [1.807, 2.05) is 6.92 Å². The van der Waals surface area contributed by atoms with Gasteiger partial charge in [0.1, 0.15) is 0 Å². The SMILES string of the molecule is CCN(CC(N)=O)CC(O)c1ccc(N)cc1. The van der Waals surface area contributed by atoms with Crippen LogP contribution in [-0.4, -0.2) is 35.5 Å². The minimum Gasteiger partial charge on any atom is -0.399 e. The molecule has 1 aromatic carbocycles.